The van der Waals surface area contributed by atoms with E-state index in [1.165, 1.54) is 0 Å². The van der Waals surface area contributed by atoms with Gasteiger partial charge in [-0.25, -0.2) is 0 Å². The minimum Gasteiger partial charge on any atom is -0.495 e. The molecule has 2 atom stereocenters. The number of piperidine rings is 1. The van der Waals surface area contributed by atoms with Gasteiger partial charge in [0, 0.05) is 31.4 Å². The number of hydrogen-bond donors (Lipinski definition) is 3. The molecule has 2 aliphatic rings. The van der Waals surface area contributed by atoms with Gasteiger partial charge in [-0.3, -0.25) is 4.99 Å². The van der Waals surface area contributed by atoms with E-state index in [4.69, 9.17) is 4.74 Å². The molecule has 0 radical (unpaired) electrons. The van der Waals surface area contributed by atoms with Crippen molar-refractivity contribution in [3.63, 3.8) is 0 Å². The maximum absolute atomic E-state index is 10.6. The number of thioether (sulfide) groups is 1. The fourth-order valence-electron chi connectivity index (χ4n) is 3.67. The third-order valence-corrected chi connectivity index (χ3v) is 6.38. The van der Waals surface area contributed by atoms with E-state index in [2.05, 4.69) is 39.6 Å². The molecule has 0 spiro atoms. The third kappa shape index (κ3) is 6.32. The monoisotopic (exact) mass is 520 g/mol. The Kier molecular flexibility index (Phi) is 9.49. The lowest BCUT2D eigenvalue weighted by Crippen LogP contribution is -2.51. The normalized spacial score (nSPS) is 25.2. The number of nitrogens with zero attached hydrogens (tertiary/aromatic N) is 2. The van der Waals surface area contributed by atoms with E-state index in [-0.39, 0.29) is 24.0 Å². The van der Waals surface area contributed by atoms with Crippen LogP contribution in [0.4, 0.5) is 5.69 Å². The van der Waals surface area contributed by atoms with Gasteiger partial charge in [-0.15, -0.1) is 24.0 Å². The molecule has 0 aliphatic carbocycles. The minimum atomic E-state index is -0.650. The number of guanidine groups is 1. The summed E-state index contributed by atoms with van der Waals surface area (Å²) in [5.41, 5.74) is 0.494. The van der Waals surface area contributed by atoms with E-state index >= 15 is 0 Å². The lowest BCUT2D eigenvalue weighted by Gasteiger charge is -2.36. The van der Waals surface area contributed by atoms with E-state index in [1.54, 1.807) is 18.9 Å². The lowest BCUT2D eigenvalue weighted by atomic mass is 10.0. The first-order chi connectivity index (χ1) is 13.1. The maximum Gasteiger partial charge on any atom is 0.191 e. The zero-order valence-corrected chi connectivity index (χ0v) is 20.0. The number of hydrogen-bond acceptors (Lipinski definition) is 5. The van der Waals surface area contributed by atoms with Gasteiger partial charge in [-0.1, -0.05) is 12.1 Å². The van der Waals surface area contributed by atoms with Crippen molar-refractivity contribution in [3.8, 4) is 5.75 Å². The van der Waals surface area contributed by atoms with Crippen LogP contribution < -0.4 is 20.3 Å². The molecule has 1 aromatic carbocycles. The van der Waals surface area contributed by atoms with Crippen molar-refractivity contribution < 1.29 is 9.84 Å². The van der Waals surface area contributed by atoms with Crippen LogP contribution in [0.1, 0.15) is 26.2 Å². The fourth-order valence-corrected chi connectivity index (χ4v) is 4.95. The number of benzene rings is 1. The molecule has 2 fully saturated rings. The zero-order chi connectivity index (χ0) is 19.1. The molecule has 1 aromatic rings. The second-order valence-corrected chi connectivity index (χ2v) is 8.43. The molecule has 28 heavy (non-hydrogen) atoms. The van der Waals surface area contributed by atoms with E-state index in [9.17, 15) is 5.11 Å². The highest BCUT2D eigenvalue weighted by Gasteiger charge is 2.31. The second-order valence-electron chi connectivity index (χ2n) is 7.32. The predicted octanol–water partition coefficient (Wildman–Crippen LogP) is 2.71. The average Bonchev–Trinajstić information content (AvgIpc) is 3.13. The van der Waals surface area contributed by atoms with Crippen molar-refractivity contribution in [1.29, 1.82) is 0 Å². The Hall–Kier alpha value is -0.870. The highest BCUT2D eigenvalue weighted by atomic mass is 127. The van der Waals surface area contributed by atoms with Crippen LogP contribution in [0, 0.1) is 0 Å². The third-order valence-electron chi connectivity index (χ3n) is 5.15. The highest BCUT2D eigenvalue weighted by Crippen LogP contribution is 2.30. The summed E-state index contributed by atoms with van der Waals surface area (Å²) in [5.74, 6) is 3.52. The summed E-state index contributed by atoms with van der Waals surface area (Å²) in [4.78, 5) is 7.06. The molecule has 2 aliphatic heterocycles. The molecule has 6 nitrogen and oxygen atoms in total. The molecule has 158 valence electrons. The molecule has 0 amide bonds. The SMILES string of the molecule is CCNC(=NCC1(O)CCSC1)NC1CCCN(c2ccccc2OC)C1.I. The van der Waals surface area contributed by atoms with Crippen molar-refractivity contribution in [2.24, 2.45) is 4.99 Å². The average molecular weight is 520 g/mol. The Labute approximate surface area is 189 Å². The minimum absolute atomic E-state index is 0. The number of anilines is 1. The van der Waals surface area contributed by atoms with Crippen LogP contribution in [0.2, 0.25) is 0 Å². The Bertz CT molecular complexity index is 640. The first-order valence-electron chi connectivity index (χ1n) is 9.86. The van der Waals surface area contributed by atoms with E-state index in [1.807, 2.05) is 12.1 Å². The van der Waals surface area contributed by atoms with Crippen LogP contribution in [-0.4, -0.2) is 67.5 Å². The van der Waals surface area contributed by atoms with Crippen LogP contribution in [0.5, 0.6) is 5.75 Å². The van der Waals surface area contributed by atoms with Crippen molar-refractivity contribution in [1.82, 2.24) is 10.6 Å². The number of aliphatic hydroxyl groups is 1. The number of methoxy groups -OCH3 is 1. The van der Waals surface area contributed by atoms with Crippen molar-refractivity contribution in [3.05, 3.63) is 24.3 Å². The van der Waals surface area contributed by atoms with Crippen molar-refractivity contribution >= 4 is 47.4 Å². The Morgan fingerprint density at radius 1 is 1.43 bits per heavy atom. The van der Waals surface area contributed by atoms with Gasteiger partial charge in [0.15, 0.2) is 5.96 Å². The quantitative estimate of drug-likeness (QED) is 0.305. The summed E-state index contributed by atoms with van der Waals surface area (Å²) >= 11 is 1.80. The number of ether oxygens (including phenoxy) is 1. The van der Waals surface area contributed by atoms with Crippen LogP contribution in [0.3, 0.4) is 0 Å². The second kappa shape index (κ2) is 11.3. The number of nitrogens with one attached hydrogen (secondary N) is 2. The zero-order valence-electron chi connectivity index (χ0n) is 16.8. The van der Waals surface area contributed by atoms with E-state index in [0.29, 0.717) is 12.6 Å². The Morgan fingerprint density at radius 2 is 2.25 bits per heavy atom. The molecule has 0 saturated carbocycles. The highest BCUT2D eigenvalue weighted by molar-refractivity contribution is 14.0. The standard InChI is InChI=1S/C20H32N4O2S.HI/c1-3-21-19(22-14-20(25)10-12-27-15-20)23-16-7-6-11-24(13-16)17-8-4-5-9-18(17)26-2;/h4-5,8-9,16,25H,3,6-7,10-15H2,1-2H3,(H2,21,22,23);1H. The van der Waals surface area contributed by atoms with Gasteiger partial charge in [0.05, 0.1) is 24.9 Å². The van der Waals surface area contributed by atoms with Crippen LogP contribution in [-0.2, 0) is 0 Å². The maximum atomic E-state index is 10.6. The molecule has 2 unspecified atom stereocenters. The van der Waals surface area contributed by atoms with E-state index in [0.717, 1.165) is 67.8 Å². The van der Waals surface area contributed by atoms with Crippen LogP contribution >= 0.6 is 35.7 Å². The molecular weight excluding hydrogens is 487 g/mol. The van der Waals surface area contributed by atoms with Gasteiger partial charge in [0.2, 0.25) is 0 Å². The summed E-state index contributed by atoms with van der Waals surface area (Å²) < 4.78 is 5.53. The van der Waals surface area contributed by atoms with E-state index < -0.39 is 5.60 Å². The fraction of sp³-hybridized carbons (Fsp3) is 0.650. The largest absolute Gasteiger partial charge is 0.495 e. The van der Waals surface area contributed by atoms with Gasteiger partial charge in [0.25, 0.3) is 0 Å². The molecule has 0 aromatic heterocycles. The van der Waals surface area contributed by atoms with Crippen LogP contribution in [0.25, 0.3) is 0 Å². The van der Waals surface area contributed by atoms with Gasteiger partial charge in [-0.2, -0.15) is 11.8 Å². The predicted molar refractivity (Wildman–Crippen MR) is 130 cm³/mol. The van der Waals surface area contributed by atoms with Gasteiger partial charge in [-0.05, 0) is 44.1 Å². The number of rotatable bonds is 6. The number of para-hydroxylation sites is 2. The van der Waals surface area contributed by atoms with Gasteiger partial charge >= 0.3 is 0 Å². The topological polar surface area (TPSA) is 69.1 Å². The molecule has 2 saturated heterocycles. The van der Waals surface area contributed by atoms with Crippen molar-refractivity contribution in [2.75, 3.05) is 49.7 Å². The van der Waals surface area contributed by atoms with Crippen molar-refractivity contribution in [2.45, 2.75) is 37.8 Å². The smallest absolute Gasteiger partial charge is 0.191 e. The number of aliphatic imine (C=N–C) groups is 1. The molecule has 2 heterocycles. The Morgan fingerprint density at radius 3 is 2.96 bits per heavy atom. The molecule has 0 bridgehead atoms. The lowest BCUT2D eigenvalue weighted by molar-refractivity contribution is 0.0778. The molecule has 3 N–H and O–H groups in total. The van der Waals surface area contributed by atoms with Gasteiger partial charge in [0.1, 0.15) is 5.75 Å². The number of halogens is 1. The summed E-state index contributed by atoms with van der Waals surface area (Å²) in [6.45, 7) is 5.27. The molecule has 3 rings (SSSR count). The summed E-state index contributed by atoms with van der Waals surface area (Å²) in [5, 5.41) is 17.5. The Balaban J connectivity index is 0.00000280. The summed E-state index contributed by atoms with van der Waals surface area (Å²) in [6.07, 6.45) is 3.05. The summed E-state index contributed by atoms with van der Waals surface area (Å²) in [6, 6.07) is 8.51. The molecule has 8 heteroatoms. The van der Waals surface area contributed by atoms with Crippen LogP contribution in [0.15, 0.2) is 29.3 Å². The first-order valence-corrected chi connectivity index (χ1v) is 11.0. The molecular formula is C20H33IN4O2S. The van der Waals surface area contributed by atoms with Gasteiger partial charge < -0.3 is 25.4 Å². The summed E-state index contributed by atoms with van der Waals surface area (Å²) in [7, 11) is 1.72. The first kappa shape index (κ1) is 23.4.